The van der Waals surface area contributed by atoms with Crippen molar-refractivity contribution in [1.82, 2.24) is 19.2 Å². The van der Waals surface area contributed by atoms with Gasteiger partial charge in [-0.2, -0.15) is 0 Å². The van der Waals surface area contributed by atoms with Crippen LogP contribution in [0.1, 0.15) is 19.3 Å². The fourth-order valence-electron chi connectivity index (χ4n) is 2.38. The molecule has 19 heavy (non-hydrogen) atoms. The van der Waals surface area contributed by atoms with Crippen molar-refractivity contribution in [1.29, 1.82) is 0 Å². The van der Waals surface area contributed by atoms with Crippen LogP contribution in [-0.4, -0.2) is 54.2 Å². The van der Waals surface area contributed by atoms with Gasteiger partial charge in [-0.25, -0.2) is 17.7 Å². The van der Waals surface area contributed by atoms with Crippen molar-refractivity contribution in [3.05, 3.63) is 18.7 Å². The van der Waals surface area contributed by atoms with E-state index in [9.17, 15) is 8.42 Å². The maximum absolute atomic E-state index is 11.4. The van der Waals surface area contributed by atoms with E-state index in [0.717, 1.165) is 32.4 Å². The summed E-state index contributed by atoms with van der Waals surface area (Å²) in [5.74, 6) is 0. The lowest BCUT2D eigenvalue weighted by molar-refractivity contribution is 0.289. The SMILES string of the molecule is CS(=O)(=O)N1CCC(NCCCn2ccnc2)CC1. The second-order valence-electron chi connectivity index (χ2n) is 5.04. The summed E-state index contributed by atoms with van der Waals surface area (Å²) in [5, 5.41) is 3.50. The van der Waals surface area contributed by atoms with Crippen molar-refractivity contribution in [2.24, 2.45) is 0 Å². The summed E-state index contributed by atoms with van der Waals surface area (Å²) in [6.45, 7) is 3.20. The predicted molar refractivity (Wildman–Crippen MR) is 74.3 cm³/mol. The zero-order chi connectivity index (χ0) is 13.7. The van der Waals surface area contributed by atoms with Crippen LogP contribution in [0.4, 0.5) is 0 Å². The minimum Gasteiger partial charge on any atom is -0.337 e. The Bertz CT molecular complexity index is 464. The van der Waals surface area contributed by atoms with Crippen LogP contribution in [0, 0.1) is 0 Å². The summed E-state index contributed by atoms with van der Waals surface area (Å²) in [7, 11) is -3.01. The second-order valence-corrected chi connectivity index (χ2v) is 7.03. The Morgan fingerprint density at radius 1 is 1.37 bits per heavy atom. The van der Waals surface area contributed by atoms with E-state index in [1.165, 1.54) is 6.26 Å². The fourth-order valence-corrected chi connectivity index (χ4v) is 3.25. The standard InChI is InChI=1S/C12H22N4O2S/c1-19(17,18)16-8-3-12(4-9-16)14-5-2-7-15-10-6-13-11-15/h6,10-12,14H,2-5,7-9H2,1H3. The van der Waals surface area contributed by atoms with Gasteiger partial charge in [0.15, 0.2) is 0 Å². The number of nitrogens with one attached hydrogen (secondary N) is 1. The molecule has 0 saturated carbocycles. The van der Waals surface area contributed by atoms with Crippen LogP contribution in [0.2, 0.25) is 0 Å². The Hall–Kier alpha value is -0.920. The Labute approximate surface area is 114 Å². The molecule has 2 heterocycles. The van der Waals surface area contributed by atoms with E-state index in [1.807, 2.05) is 12.5 Å². The van der Waals surface area contributed by atoms with Crippen molar-refractivity contribution in [2.45, 2.75) is 31.8 Å². The lowest BCUT2D eigenvalue weighted by Gasteiger charge is -2.30. The molecule has 0 aliphatic carbocycles. The summed E-state index contributed by atoms with van der Waals surface area (Å²) in [4.78, 5) is 4.00. The Kier molecular flexibility index (Phi) is 4.95. The van der Waals surface area contributed by atoms with Crippen LogP contribution in [0.3, 0.4) is 0 Å². The zero-order valence-corrected chi connectivity index (χ0v) is 12.1. The van der Waals surface area contributed by atoms with Crippen molar-refractivity contribution < 1.29 is 8.42 Å². The summed E-state index contributed by atoms with van der Waals surface area (Å²) < 4.78 is 26.4. The van der Waals surface area contributed by atoms with Crippen molar-refractivity contribution >= 4 is 10.0 Å². The average Bonchev–Trinajstić information content (AvgIpc) is 2.87. The van der Waals surface area contributed by atoms with Crippen LogP contribution < -0.4 is 5.32 Å². The number of hydrogen-bond donors (Lipinski definition) is 1. The van der Waals surface area contributed by atoms with Gasteiger partial charge >= 0.3 is 0 Å². The number of aromatic nitrogens is 2. The van der Waals surface area contributed by atoms with Crippen LogP contribution in [0.25, 0.3) is 0 Å². The molecule has 2 rings (SSSR count). The molecule has 0 radical (unpaired) electrons. The van der Waals surface area contributed by atoms with Gasteiger partial charge in [-0.15, -0.1) is 0 Å². The first kappa shape index (κ1) is 14.5. The Morgan fingerprint density at radius 3 is 2.68 bits per heavy atom. The molecular formula is C12H22N4O2S. The maximum atomic E-state index is 11.4. The number of sulfonamides is 1. The number of hydrogen-bond acceptors (Lipinski definition) is 4. The monoisotopic (exact) mass is 286 g/mol. The van der Waals surface area contributed by atoms with Gasteiger partial charge in [-0.3, -0.25) is 0 Å². The van der Waals surface area contributed by atoms with Crippen molar-refractivity contribution in [2.75, 3.05) is 25.9 Å². The molecule has 0 amide bonds. The molecule has 1 aliphatic heterocycles. The highest BCUT2D eigenvalue weighted by molar-refractivity contribution is 7.88. The normalized spacial score (nSPS) is 18.8. The molecule has 0 atom stereocenters. The number of rotatable bonds is 6. The number of piperidine rings is 1. The Balaban J connectivity index is 1.61. The van der Waals surface area contributed by atoms with Crippen LogP contribution in [-0.2, 0) is 16.6 Å². The molecule has 1 fully saturated rings. The quantitative estimate of drug-likeness (QED) is 0.763. The number of nitrogens with zero attached hydrogens (tertiary/aromatic N) is 3. The van der Waals surface area contributed by atoms with E-state index >= 15 is 0 Å². The van der Waals surface area contributed by atoms with Crippen LogP contribution in [0.5, 0.6) is 0 Å². The zero-order valence-electron chi connectivity index (χ0n) is 11.3. The third-order valence-electron chi connectivity index (χ3n) is 3.51. The summed E-state index contributed by atoms with van der Waals surface area (Å²) in [6.07, 6.45) is 9.72. The Morgan fingerprint density at radius 2 is 2.11 bits per heavy atom. The van der Waals surface area contributed by atoms with Gasteiger partial charge in [0.05, 0.1) is 12.6 Å². The van der Waals surface area contributed by atoms with E-state index in [0.29, 0.717) is 19.1 Å². The summed E-state index contributed by atoms with van der Waals surface area (Å²) in [5.41, 5.74) is 0. The maximum Gasteiger partial charge on any atom is 0.211 e. The molecule has 1 saturated heterocycles. The lowest BCUT2D eigenvalue weighted by atomic mass is 10.1. The molecule has 1 aromatic rings. The molecule has 7 heteroatoms. The minimum absolute atomic E-state index is 0.445. The van der Waals surface area contributed by atoms with Crippen LogP contribution in [0.15, 0.2) is 18.7 Å². The number of aryl methyl sites for hydroxylation is 1. The van der Waals surface area contributed by atoms with Crippen molar-refractivity contribution in [3.63, 3.8) is 0 Å². The first-order valence-electron chi connectivity index (χ1n) is 6.70. The second kappa shape index (κ2) is 6.49. The predicted octanol–water partition coefficient (Wildman–Crippen LogP) is 0.287. The lowest BCUT2D eigenvalue weighted by Crippen LogP contribution is -2.44. The van der Waals surface area contributed by atoms with Gasteiger partial charge < -0.3 is 9.88 Å². The molecule has 1 N–H and O–H groups in total. The molecule has 1 aromatic heterocycles. The van der Waals surface area contributed by atoms with Gasteiger partial charge in [-0.05, 0) is 25.8 Å². The first-order chi connectivity index (χ1) is 9.05. The molecular weight excluding hydrogens is 264 g/mol. The topological polar surface area (TPSA) is 67.2 Å². The van der Waals surface area contributed by atoms with E-state index in [-0.39, 0.29) is 0 Å². The molecule has 6 nitrogen and oxygen atoms in total. The summed E-state index contributed by atoms with van der Waals surface area (Å²) >= 11 is 0. The highest BCUT2D eigenvalue weighted by atomic mass is 32.2. The molecule has 108 valence electrons. The smallest absolute Gasteiger partial charge is 0.211 e. The molecule has 0 spiro atoms. The highest BCUT2D eigenvalue weighted by Crippen LogP contribution is 2.13. The van der Waals surface area contributed by atoms with Gasteiger partial charge in [0, 0.05) is 38.1 Å². The van der Waals surface area contributed by atoms with E-state index in [2.05, 4.69) is 14.9 Å². The van der Waals surface area contributed by atoms with E-state index in [4.69, 9.17) is 0 Å². The molecule has 0 unspecified atom stereocenters. The van der Waals surface area contributed by atoms with Crippen molar-refractivity contribution in [3.8, 4) is 0 Å². The third-order valence-corrected chi connectivity index (χ3v) is 4.81. The largest absolute Gasteiger partial charge is 0.337 e. The third kappa shape index (κ3) is 4.59. The molecule has 0 bridgehead atoms. The van der Waals surface area contributed by atoms with E-state index in [1.54, 1.807) is 10.5 Å². The average molecular weight is 286 g/mol. The minimum atomic E-state index is -3.01. The molecule has 1 aliphatic rings. The fraction of sp³-hybridized carbons (Fsp3) is 0.750. The molecule has 0 aromatic carbocycles. The van der Waals surface area contributed by atoms with Gasteiger partial charge in [0.25, 0.3) is 0 Å². The van der Waals surface area contributed by atoms with E-state index < -0.39 is 10.0 Å². The highest BCUT2D eigenvalue weighted by Gasteiger charge is 2.24. The number of imidazole rings is 1. The van der Waals surface area contributed by atoms with Gasteiger partial charge in [0.2, 0.25) is 10.0 Å². The van der Waals surface area contributed by atoms with Gasteiger partial charge in [-0.1, -0.05) is 0 Å². The van der Waals surface area contributed by atoms with Crippen LogP contribution >= 0.6 is 0 Å². The van der Waals surface area contributed by atoms with Gasteiger partial charge in [0.1, 0.15) is 0 Å². The summed E-state index contributed by atoms with van der Waals surface area (Å²) in [6, 6.07) is 0.445. The first-order valence-corrected chi connectivity index (χ1v) is 8.55.